The molecule has 0 saturated heterocycles. The fraction of sp³-hybridized carbons (Fsp3) is 1.00. The van der Waals surface area contributed by atoms with Crippen molar-refractivity contribution in [3.8, 4) is 0 Å². The van der Waals surface area contributed by atoms with E-state index < -0.39 is 0 Å². The van der Waals surface area contributed by atoms with Crippen molar-refractivity contribution < 1.29 is 0 Å². The summed E-state index contributed by atoms with van der Waals surface area (Å²) in [5.41, 5.74) is 0. The molecule has 0 aromatic heterocycles. The topological polar surface area (TPSA) is 0 Å². The average Bonchev–Trinajstić information content (AvgIpc) is 2.40. The fourth-order valence-corrected chi connectivity index (χ4v) is 0.750. The van der Waals surface area contributed by atoms with Crippen LogP contribution in [0.5, 0.6) is 0 Å². The van der Waals surface area contributed by atoms with Crippen LogP contribution in [0.4, 0.5) is 0 Å². The summed E-state index contributed by atoms with van der Waals surface area (Å²) >= 11 is 2.94. The number of unbranched alkanes of at least 4 members (excludes halogenated alkanes) is 4. The van der Waals surface area contributed by atoms with Crippen molar-refractivity contribution in [2.24, 2.45) is 0 Å². The molecule has 0 aliphatic heterocycles. The molecule has 0 spiro atoms. The van der Waals surface area contributed by atoms with Gasteiger partial charge in [0.2, 0.25) is 0 Å². The quantitative estimate of drug-likeness (QED) is 0.443. The van der Waals surface area contributed by atoms with Gasteiger partial charge < -0.3 is 0 Å². The Kier molecular flexibility index (Phi) is 90.6. The van der Waals surface area contributed by atoms with Crippen LogP contribution >= 0.6 is 0 Å². The van der Waals surface area contributed by atoms with E-state index in [1.165, 1.54) is 56.7 Å². The van der Waals surface area contributed by atoms with Crippen LogP contribution in [0.3, 0.4) is 0 Å². The maximum absolute atomic E-state index is 2.94. The minimum Gasteiger partial charge on any atom is 0 e. The molecule has 0 saturated carbocycles. The Labute approximate surface area is 144 Å². The Balaban J connectivity index is -0.0000000412. The minimum atomic E-state index is 0. The summed E-state index contributed by atoms with van der Waals surface area (Å²) in [7, 11) is 0. The second-order valence-corrected chi connectivity index (χ2v) is 4.91. The van der Waals surface area contributed by atoms with E-state index in [2.05, 4.69) is 64.5 Å². The van der Waals surface area contributed by atoms with Crippen LogP contribution in [0.1, 0.15) is 99.8 Å². The number of hydrogen-bond donors (Lipinski definition) is 0. The van der Waals surface area contributed by atoms with Crippen molar-refractivity contribution in [3.05, 3.63) is 0 Å². The van der Waals surface area contributed by atoms with Crippen LogP contribution in [0.25, 0.3) is 0 Å². The van der Waals surface area contributed by atoms with Gasteiger partial charge in [-0.1, -0.05) is 80.1 Å². The third-order valence-corrected chi connectivity index (χ3v) is 2.60. The SMILES string of the molecule is CCCC.CCCC.CCCC.CCCC[Se].[Sn]. The molecule has 0 aromatic rings. The van der Waals surface area contributed by atoms with Crippen molar-refractivity contribution in [1.29, 1.82) is 0 Å². The summed E-state index contributed by atoms with van der Waals surface area (Å²) in [5, 5.41) is 1.22. The Bertz CT molecular complexity index is 50.6. The zero-order chi connectivity index (χ0) is 14.4. The summed E-state index contributed by atoms with van der Waals surface area (Å²) < 4.78 is 0. The van der Waals surface area contributed by atoms with Crippen LogP contribution in [-0.4, -0.2) is 39.9 Å². The van der Waals surface area contributed by atoms with Crippen LogP contribution in [-0.2, 0) is 0 Å². The van der Waals surface area contributed by atoms with E-state index in [0.717, 1.165) is 0 Å². The van der Waals surface area contributed by atoms with Crippen LogP contribution in [0.2, 0.25) is 5.32 Å². The van der Waals surface area contributed by atoms with E-state index in [1.807, 2.05) is 0 Å². The fourth-order valence-electron chi connectivity index (χ4n) is 0.144. The first-order valence-corrected chi connectivity index (χ1v) is 8.95. The van der Waals surface area contributed by atoms with E-state index in [1.54, 1.807) is 0 Å². The summed E-state index contributed by atoms with van der Waals surface area (Å²) in [6.45, 7) is 15.3. The zero-order valence-electron chi connectivity index (χ0n) is 14.3. The van der Waals surface area contributed by atoms with Gasteiger partial charge in [0.15, 0.2) is 0 Å². The van der Waals surface area contributed by atoms with Crippen molar-refractivity contribution in [2.75, 3.05) is 0 Å². The van der Waals surface area contributed by atoms with Gasteiger partial charge in [0.25, 0.3) is 0 Å². The molecule has 0 nitrogen and oxygen atoms in total. The van der Waals surface area contributed by atoms with Gasteiger partial charge in [-0.3, -0.25) is 0 Å². The van der Waals surface area contributed by atoms with Crippen molar-refractivity contribution in [2.45, 2.75) is 105 Å². The molecule has 0 heterocycles. The summed E-state index contributed by atoms with van der Waals surface area (Å²) in [6, 6.07) is 0. The molecule has 0 aliphatic carbocycles. The van der Waals surface area contributed by atoms with E-state index in [-0.39, 0.29) is 23.9 Å². The first-order chi connectivity index (χ1) is 8.16. The van der Waals surface area contributed by atoms with Crippen LogP contribution in [0, 0.1) is 0 Å². The molecule has 0 aliphatic rings. The second kappa shape index (κ2) is 51.6. The Morgan fingerprint density at radius 2 is 0.722 bits per heavy atom. The Morgan fingerprint density at radius 3 is 0.722 bits per heavy atom. The van der Waals surface area contributed by atoms with Gasteiger partial charge in [0, 0.05) is 23.9 Å². The molecule has 0 bridgehead atoms. The Hall–Kier alpha value is 1.32. The summed E-state index contributed by atoms with van der Waals surface area (Å²) in [5.74, 6) is 0. The Morgan fingerprint density at radius 1 is 0.500 bits per heavy atom. The molecule has 0 amide bonds. The monoisotopic (exact) mass is 431 g/mol. The van der Waals surface area contributed by atoms with E-state index in [4.69, 9.17) is 0 Å². The van der Waals surface area contributed by atoms with Crippen LogP contribution in [0.15, 0.2) is 0 Å². The molecule has 5 radical (unpaired) electrons. The third kappa shape index (κ3) is 116. The predicted octanol–water partition coefficient (Wildman–Crippen LogP) is 6.41. The van der Waals surface area contributed by atoms with E-state index in [0.29, 0.717) is 0 Å². The normalized spacial score (nSPS) is 7.33. The molecule has 18 heavy (non-hydrogen) atoms. The molecule has 2 heteroatoms. The van der Waals surface area contributed by atoms with Crippen molar-refractivity contribution in [1.82, 2.24) is 0 Å². The molecule has 0 rings (SSSR count). The molecule has 113 valence electrons. The van der Waals surface area contributed by atoms with Gasteiger partial charge in [0.05, 0.1) is 0 Å². The maximum atomic E-state index is 2.94. The minimum absolute atomic E-state index is 0. The first kappa shape index (κ1) is 31.6. The number of rotatable bonds is 5. The summed E-state index contributed by atoms with van der Waals surface area (Å²) in [6.07, 6.45) is 10.6. The molecular formula is C16H39SeSn. The van der Waals surface area contributed by atoms with Crippen molar-refractivity contribution >= 4 is 39.9 Å². The van der Waals surface area contributed by atoms with Gasteiger partial charge in [-0.2, -0.15) is 0 Å². The van der Waals surface area contributed by atoms with Crippen molar-refractivity contribution in [3.63, 3.8) is 0 Å². The smallest absolute Gasteiger partial charge is 0 e. The van der Waals surface area contributed by atoms with Crippen LogP contribution < -0.4 is 0 Å². The largest absolute Gasteiger partial charge is 0 e. The van der Waals surface area contributed by atoms with Gasteiger partial charge in [-0.05, 0) is 0 Å². The molecule has 0 atom stereocenters. The molecule has 0 unspecified atom stereocenters. The van der Waals surface area contributed by atoms with Gasteiger partial charge >= 0.3 is 41.1 Å². The first-order valence-electron chi connectivity index (χ1n) is 7.74. The number of hydrogen-bond acceptors (Lipinski definition) is 0. The second-order valence-electron chi connectivity index (χ2n) is 4.06. The molecular weight excluding hydrogens is 390 g/mol. The van der Waals surface area contributed by atoms with E-state index in [9.17, 15) is 0 Å². The summed E-state index contributed by atoms with van der Waals surface area (Å²) in [4.78, 5) is 0. The van der Waals surface area contributed by atoms with E-state index >= 15 is 0 Å². The van der Waals surface area contributed by atoms with Gasteiger partial charge in [-0.25, -0.2) is 0 Å². The van der Waals surface area contributed by atoms with Gasteiger partial charge in [-0.15, -0.1) is 0 Å². The molecule has 0 aromatic carbocycles. The molecule has 0 fully saturated rings. The van der Waals surface area contributed by atoms with Gasteiger partial charge in [0.1, 0.15) is 0 Å². The predicted molar refractivity (Wildman–Crippen MR) is 93.0 cm³/mol. The molecule has 0 N–H and O–H groups in total. The average molecular weight is 429 g/mol. The maximum Gasteiger partial charge on any atom is 0 e. The zero-order valence-corrected chi connectivity index (χ0v) is 18.8. The third-order valence-electron chi connectivity index (χ3n) is 2.00. The standard InChI is InChI=1S/C4H9Se.3C4H10.Sn/c1-2-3-4-5;3*1-3-4-2;/h2-4H2,1H3;3*3-4H2,1-2H3;.